The number of hydrogen-bond acceptors (Lipinski definition) is 6. The highest BCUT2D eigenvalue weighted by atomic mass is 127. The van der Waals surface area contributed by atoms with Crippen molar-refractivity contribution >= 4 is 40.5 Å². The summed E-state index contributed by atoms with van der Waals surface area (Å²) in [6, 6.07) is 0.449. The van der Waals surface area contributed by atoms with Crippen molar-refractivity contribution in [3.63, 3.8) is 0 Å². The van der Waals surface area contributed by atoms with E-state index in [0.717, 1.165) is 12.3 Å². The summed E-state index contributed by atoms with van der Waals surface area (Å²) in [7, 11) is 0. The Kier molecular flexibility index (Phi) is 8.07. The van der Waals surface area contributed by atoms with E-state index in [-0.39, 0.29) is 16.8 Å². The van der Waals surface area contributed by atoms with E-state index in [1.165, 1.54) is 0 Å². The first kappa shape index (κ1) is 22.4. The maximum absolute atomic E-state index is 14.0. The van der Waals surface area contributed by atoms with Crippen molar-refractivity contribution in [1.82, 2.24) is 4.98 Å². The smallest absolute Gasteiger partial charge is 0.343 e. The topological polar surface area (TPSA) is 92.0 Å². The van der Waals surface area contributed by atoms with Crippen molar-refractivity contribution in [1.29, 1.82) is 0 Å². The lowest BCUT2D eigenvalue weighted by Crippen LogP contribution is -2.28. The van der Waals surface area contributed by atoms with Gasteiger partial charge in [0.1, 0.15) is 11.3 Å². The largest absolute Gasteiger partial charge is 0.506 e. The number of halogens is 3. The molecule has 0 aliphatic carbocycles. The summed E-state index contributed by atoms with van der Waals surface area (Å²) >= 11 is 1.59. The molecule has 0 aliphatic rings. The number of hydrogen-bond donors (Lipinski definition) is 2. The van der Waals surface area contributed by atoms with Gasteiger partial charge in [-0.2, -0.15) is 13.8 Å². The maximum Gasteiger partial charge on any atom is 0.343 e. The molecule has 0 radical (unpaired) electrons. The molecule has 144 valence electrons. The number of ether oxygens (including phenoxy) is 1. The van der Waals surface area contributed by atoms with Crippen molar-refractivity contribution in [3.05, 3.63) is 32.7 Å². The van der Waals surface area contributed by atoms with Gasteiger partial charge in [-0.1, -0.05) is 20.8 Å². The fourth-order valence-electron chi connectivity index (χ4n) is 1.89. The van der Waals surface area contributed by atoms with E-state index < -0.39 is 46.2 Å². The van der Waals surface area contributed by atoms with Crippen LogP contribution >= 0.6 is 22.6 Å². The van der Waals surface area contributed by atoms with Crippen molar-refractivity contribution in [2.75, 3.05) is 13.2 Å². The second kappa shape index (κ2) is 9.36. The van der Waals surface area contributed by atoms with Crippen molar-refractivity contribution in [3.8, 4) is 0 Å². The van der Waals surface area contributed by atoms with Gasteiger partial charge in [-0.05, 0) is 41.0 Å². The Morgan fingerprint density at radius 1 is 1.42 bits per heavy atom. The highest BCUT2D eigenvalue weighted by Gasteiger charge is 2.25. The molecular formula is C17H21F2IN2O4. The Bertz CT molecular complexity index is 730. The van der Waals surface area contributed by atoms with Crippen LogP contribution in [0, 0.1) is 20.9 Å². The van der Waals surface area contributed by atoms with Crippen LogP contribution in [0.2, 0.25) is 0 Å². The van der Waals surface area contributed by atoms with Crippen LogP contribution in [-0.4, -0.2) is 46.6 Å². The number of carbonyl (C=O) groups excluding carboxylic acids is 1. The average molecular weight is 482 g/mol. The predicted molar refractivity (Wildman–Crippen MR) is 102 cm³/mol. The lowest BCUT2D eigenvalue weighted by atomic mass is 9.88. The van der Waals surface area contributed by atoms with E-state index in [9.17, 15) is 23.8 Å². The number of rotatable bonds is 6. The second-order valence-electron chi connectivity index (χ2n) is 6.42. The Balaban J connectivity index is 3.48. The van der Waals surface area contributed by atoms with Crippen LogP contribution in [-0.2, 0) is 9.53 Å². The minimum Gasteiger partial charge on any atom is -0.506 e. The van der Waals surface area contributed by atoms with E-state index in [0.29, 0.717) is 0 Å². The third-order valence-corrected chi connectivity index (χ3v) is 4.20. The number of pyridine rings is 1. The molecule has 1 aromatic heterocycles. The van der Waals surface area contributed by atoms with Crippen LogP contribution in [0.4, 0.5) is 8.78 Å². The number of aliphatic hydroxyl groups is 2. The van der Waals surface area contributed by atoms with Crippen LogP contribution in [0.25, 0.3) is 5.76 Å². The van der Waals surface area contributed by atoms with Crippen LogP contribution in [0.15, 0.2) is 16.6 Å². The number of aromatic nitrogens is 1. The number of esters is 1. The molecule has 0 saturated heterocycles. The Morgan fingerprint density at radius 3 is 2.54 bits per heavy atom. The van der Waals surface area contributed by atoms with Gasteiger partial charge in [0.05, 0.1) is 28.4 Å². The number of nitrogens with zero attached hydrogens (tertiary/aromatic N) is 2. The molecule has 1 aromatic rings. The van der Waals surface area contributed by atoms with Gasteiger partial charge < -0.3 is 14.9 Å². The molecule has 0 amide bonds. The van der Waals surface area contributed by atoms with E-state index in [2.05, 4.69) is 9.98 Å². The van der Waals surface area contributed by atoms with Crippen molar-refractivity contribution in [2.24, 2.45) is 10.4 Å². The molecule has 0 aliphatic heterocycles. The molecule has 0 aromatic carbocycles. The van der Waals surface area contributed by atoms with Crippen LogP contribution in [0.3, 0.4) is 0 Å². The quantitative estimate of drug-likeness (QED) is 0.162. The zero-order valence-electron chi connectivity index (χ0n) is 14.9. The van der Waals surface area contributed by atoms with Crippen molar-refractivity contribution < 1.29 is 28.5 Å². The summed E-state index contributed by atoms with van der Waals surface area (Å²) in [6.45, 7) is 6.81. The van der Waals surface area contributed by atoms with E-state index in [4.69, 9.17) is 4.74 Å². The molecule has 0 bridgehead atoms. The van der Waals surface area contributed by atoms with Gasteiger partial charge in [0, 0.05) is 6.21 Å². The molecular weight excluding hydrogens is 461 g/mol. The molecule has 9 heteroatoms. The minimum absolute atomic E-state index is 0.0217. The zero-order chi connectivity index (χ0) is 20.1. The maximum atomic E-state index is 14.0. The molecule has 26 heavy (non-hydrogen) atoms. The zero-order valence-corrected chi connectivity index (χ0v) is 17.0. The summed E-state index contributed by atoms with van der Waals surface area (Å²) in [5, 5.41) is 19.8. The minimum atomic E-state index is -1.27. The Morgan fingerprint density at radius 2 is 2.04 bits per heavy atom. The molecule has 2 N–H and O–H groups in total. The Hall–Kier alpha value is -1.62. The molecule has 6 nitrogen and oxygen atoms in total. The first-order chi connectivity index (χ1) is 12.0. The van der Waals surface area contributed by atoms with Gasteiger partial charge in [-0.15, -0.1) is 0 Å². The molecule has 0 fully saturated rings. The monoisotopic (exact) mass is 482 g/mol. The van der Waals surface area contributed by atoms with Crippen LogP contribution in [0.5, 0.6) is 0 Å². The molecule has 1 rings (SSSR count). The summed E-state index contributed by atoms with van der Waals surface area (Å²) in [5.41, 5.74) is -1.29. The van der Waals surface area contributed by atoms with Gasteiger partial charge in [0.2, 0.25) is 11.9 Å². The third-order valence-electron chi connectivity index (χ3n) is 3.45. The number of aliphatic hydroxyl groups excluding tert-OH is 2. The summed E-state index contributed by atoms with van der Waals surface area (Å²) in [6.07, 6.45) is 1.02. The normalized spacial score (nSPS) is 14.3. The number of carbonyl (C=O) groups is 1. The third kappa shape index (κ3) is 5.70. The first-order valence-electron chi connectivity index (χ1n) is 7.79. The summed E-state index contributed by atoms with van der Waals surface area (Å²) in [5.74, 6) is -4.01. The van der Waals surface area contributed by atoms with E-state index >= 15 is 0 Å². The molecule has 1 heterocycles. The van der Waals surface area contributed by atoms with Gasteiger partial charge in [0.25, 0.3) is 0 Å². The molecule has 0 saturated carbocycles. The SMILES string of the molecule is CCOC(=O)C(C=N[C@H](CO)C(C)(C)C)=C(O)c1cc(I)c(F)nc1F. The van der Waals surface area contributed by atoms with Gasteiger partial charge in [-0.3, -0.25) is 4.99 Å². The van der Waals surface area contributed by atoms with Gasteiger partial charge in [-0.25, -0.2) is 4.79 Å². The highest BCUT2D eigenvalue weighted by Crippen LogP contribution is 2.24. The van der Waals surface area contributed by atoms with E-state index in [1.807, 2.05) is 20.8 Å². The molecule has 0 unspecified atom stereocenters. The van der Waals surface area contributed by atoms with Crippen LogP contribution < -0.4 is 0 Å². The van der Waals surface area contributed by atoms with Gasteiger partial charge in [0.15, 0.2) is 0 Å². The van der Waals surface area contributed by atoms with Gasteiger partial charge >= 0.3 is 5.97 Å². The fourth-order valence-corrected chi connectivity index (χ4v) is 2.32. The summed E-state index contributed by atoms with van der Waals surface area (Å²) < 4.78 is 32.1. The fraction of sp³-hybridized carbons (Fsp3) is 0.471. The number of aliphatic imine (C=N–C) groups is 1. The lowest BCUT2D eigenvalue weighted by molar-refractivity contribution is -0.137. The average Bonchev–Trinajstić information content (AvgIpc) is 2.53. The van der Waals surface area contributed by atoms with E-state index in [1.54, 1.807) is 29.5 Å². The second-order valence-corrected chi connectivity index (χ2v) is 7.59. The van der Waals surface area contributed by atoms with Crippen LogP contribution in [0.1, 0.15) is 33.3 Å². The molecule has 1 atom stereocenters. The lowest BCUT2D eigenvalue weighted by Gasteiger charge is -2.25. The summed E-state index contributed by atoms with van der Waals surface area (Å²) in [4.78, 5) is 19.3. The first-order valence-corrected chi connectivity index (χ1v) is 8.87. The Labute approximate surface area is 164 Å². The molecule has 0 spiro atoms. The van der Waals surface area contributed by atoms with Crippen molar-refractivity contribution in [2.45, 2.75) is 33.7 Å². The standard InChI is InChI=1S/C17H21F2IN2O4/c1-5-26-16(25)10(7-21-12(8-23)17(2,3)4)13(24)9-6-11(20)15(19)22-14(9)18/h6-7,12,23-24H,5,8H2,1-4H3/t12-/m1/s1. The predicted octanol–water partition coefficient (Wildman–Crippen LogP) is 3.27. The highest BCUT2D eigenvalue weighted by molar-refractivity contribution is 14.1.